The molecule has 1 N–H and O–H groups in total. The van der Waals surface area contributed by atoms with E-state index in [1.54, 1.807) is 24.3 Å². The number of Topliss-reactive ketones (excluding diaryl/α,β-unsaturated/α-hetero) is 1. The van der Waals surface area contributed by atoms with Crippen LogP contribution in [-0.2, 0) is 0 Å². The molecule has 1 aromatic rings. The molecule has 0 amide bonds. The molecule has 0 radical (unpaired) electrons. The molecule has 1 rings (SSSR count). The van der Waals surface area contributed by atoms with Crippen LogP contribution in [0.3, 0.4) is 0 Å². The summed E-state index contributed by atoms with van der Waals surface area (Å²) in [7, 11) is 0. The first-order valence-corrected chi connectivity index (χ1v) is 5.74. The summed E-state index contributed by atoms with van der Waals surface area (Å²) in [6, 6.07) is 7.00. The predicted octanol–water partition coefficient (Wildman–Crippen LogP) is 2.02. The molecule has 1 atom stereocenters. The normalized spacial score (nSPS) is 12.2. The van der Waals surface area contributed by atoms with Gasteiger partial charge >= 0.3 is 0 Å². The zero-order valence-corrected chi connectivity index (χ0v) is 10.0. The number of aliphatic hydroxyl groups excluding tert-OH is 1. The van der Waals surface area contributed by atoms with E-state index in [0.717, 1.165) is 0 Å². The molecule has 1 unspecified atom stereocenters. The minimum absolute atomic E-state index is 0.0427. The summed E-state index contributed by atoms with van der Waals surface area (Å²) >= 11 is 3.14. The second-order valence-electron chi connectivity index (χ2n) is 3.17. The lowest BCUT2D eigenvalue weighted by Gasteiger charge is -2.11. The number of carbonyl (C=O) groups excluding carboxylic acids is 1. The minimum Gasteiger partial charge on any atom is -0.490 e. The van der Waals surface area contributed by atoms with E-state index in [-0.39, 0.29) is 12.4 Å². The zero-order valence-electron chi connectivity index (χ0n) is 8.44. The van der Waals surface area contributed by atoms with Crippen LogP contribution in [0.15, 0.2) is 24.3 Å². The fourth-order valence-electron chi connectivity index (χ4n) is 1.11. The highest BCUT2D eigenvalue weighted by Gasteiger charge is 2.09. The Kier molecular flexibility index (Phi) is 4.78. The van der Waals surface area contributed by atoms with Crippen LogP contribution in [0.25, 0.3) is 0 Å². The third-order valence-corrected chi connectivity index (χ3v) is 2.62. The molecule has 4 heteroatoms. The van der Waals surface area contributed by atoms with Gasteiger partial charge in [0.15, 0.2) is 5.78 Å². The minimum atomic E-state index is -0.565. The number of rotatable bonds is 5. The molecule has 82 valence electrons. The van der Waals surface area contributed by atoms with E-state index in [0.29, 0.717) is 16.6 Å². The molecule has 15 heavy (non-hydrogen) atoms. The van der Waals surface area contributed by atoms with Crippen molar-refractivity contribution in [1.82, 2.24) is 0 Å². The number of halogens is 1. The fraction of sp³-hybridized carbons (Fsp3) is 0.364. The van der Waals surface area contributed by atoms with Crippen molar-refractivity contribution in [2.75, 3.05) is 11.9 Å². The van der Waals surface area contributed by atoms with E-state index in [1.807, 2.05) is 0 Å². The van der Waals surface area contributed by atoms with E-state index in [2.05, 4.69) is 15.9 Å². The maximum atomic E-state index is 11.2. The Balaban J connectivity index is 2.72. The van der Waals surface area contributed by atoms with Gasteiger partial charge in [0.2, 0.25) is 0 Å². The zero-order chi connectivity index (χ0) is 11.3. The highest BCUT2D eigenvalue weighted by molar-refractivity contribution is 9.09. The van der Waals surface area contributed by atoms with E-state index in [4.69, 9.17) is 4.74 Å². The number of alkyl halides is 1. The van der Waals surface area contributed by atoms with E-state index >= 15 is 0 Å². The summed E-state index contributed by atoms with van der Waals surface area (Å²) in [5, 5.41) is 9.75. The van der Waals surface area contributed by atoms with Gasteiger partial charge in [-0.2, -0.15) is 0 Å². The summed E-state index contributed by atoms with van der Waals surface area (Å²) in [5.74, 6) is 0.476. The maximum Gasteiger partial charge on any atom is 0.163 e. The SMILES string of the molecule is CC(=O)c1ccccc1OCC(O)CBr. The Morgan fingerprint density at radius 3 is 2.80 bits per heavy atom. The number of benzene rings is 1. The molecular weight excluding hydrogens is 260 g/mol. The summed E-state index contributed by atoms with van der Waals surface area (Å²) in [4.78, 5) is 11.2. The topological polar surface area (TPSA) is 46.5 Å². The number of hydrogen-bond acceptors (Lipinski definition) is 3. The Bertz CT molecular complexity index is 338. The molecule has 0 heterocycles. The highest BCUT2D eigenvalue weighted by Crippen LogP contribution is 2.18. The quantitative estimate of drug-likeness (QED) is 0.659. The largest absolute Gasteiger partial charge is 0.490 e. The average molecular weight is 273 g/mol. The van der Waals surface area contributed by atoms with Crippen LogP contribution in [-0.4, -0.2) is 28.9 Å². The summed E-state index contributed by atoms with van der Waals surface area (Å²) in [5.41, 5.74) is 0.541. The Morgan fingerprint density at radius 2 is 2.20 bits per heavy atom. The van der Waals surface area contributed by atoms with Crippen molar-refractivity contribution >= 4 is 21.7 Å². The molecule has 0 bridgehead atoms. The third kappa shape index (κ3) is 3.64. The monoisotopic (exact) mass is 272 g/mol. The molecule has 1 aromatic carbocycles. The molecule has 0 aromatic heterocycles. The lowest BCUT2D eigenvalue weighted by molar-refractivity contribution is 0.0998. The number of para-hydroxylation sites is 1. The molecule has 0 saturated heterocycles. The van der Waals surface area contributed by atoms with Gasteiger partial charge in [0.25, 0.3) is 0 Å². The van der Waals surface area contributed by atoms with Crippen LogP contribution in [0, 0.1) is 0 Å². The molecule has 0 aliphatic rings. The number of ketones is 1. The second kappa shape index (κ2) is 5.88. The van der Waals surface area contributed by atoms with Gasteiger partial charge in [0.05, 0.1) is 11.7 Å². The van der Waals surface area contributed by atoms with Crippen LogP contribution in [0.5, 0.6) is 5.75 Å². The van der Waals surface area contributed by atoms with Gasteiger partial charge in [-0.3, -0.25) is 4.79 Å². The van der Waals surface area contributed by atoms with Crippen molar-refractivity contribution < 1.29 is 14.6 Å². The van der Waals surface area contributed by atoms with Crippen molar-refractivity contribution in [3.63, 3.8) is 0 Å². The molecule has 0 fully saturated rings. The van der Waals surface area contributed by atoms with Gasteiger partial charge in [-0.25, -0.2) is 0 Å². The van der Waals surface area contributed by atoms with Gasteiger partial charge in [0.1, 0.15) is 12.4 Å². The van der Waals surface area contributed by atoms with Crippen molar-refractivity contribution in [2.45, 2.75) is 13.0 Å². The third-order valence-electron chi connectivity index (χ3n) is 1.88. The molecule has 0 spiro atoms. The Hall–Kier alpha value is -0.870. The average Bonchev–Trinajstić information content (AvgIpc) is 2.26. The number of hydrogen-bond donors (Lipinski definition) is 1. The highest BCUT2D eigenvalue weighted by atomic mass is 79.9. The van der Waals surface area contributed by atoms with Gasteiger partial charge in [-0.1, -0.05) is 28.1 Å². The lowest BCUT2D eigenvalue weighted by Crippen LogP contribution is -2.19. The smallest absolute Gasteiger partial charge is 0.163 e. The van der Waals surface area contributed by atoms with E-state index < -0.39 is 6.10 Å². The van der Waals surface area contributed by atoms with Gasteiger partial charge in [-0.15, -0.1) is 0 Å². The van der Waals surface area contributed by atoms with Crippen LogP contribution >= 0.6 is 15.9 Å². The Labute approximate surface area is 97.2 Å². The maximum absolute atomic E-state index is 11.2. The van der Waals surface area contributed by atoms with Gasteiger partial charge in [-0.05, 0) is 19.1 Å². The van der Waals surface area contributed by atoms with Gasteiger partial charge < -0.3 is 9.84 Å². The number of carbonyl (C=O) groups is 1. The lowest BCUT2D eigenvalue weighted by atomic mass is 10.1. The van der Waals surface area contributed by atoms with E-state index in [9.17, 15) is 9.90 Å². The standard InChI is InChI=1S/C11H13BrO3/c1-8(13)10-4-2-3-5-11(10)15-7-9(14)6-12/h2-5,9,14H,6-7H2,1H3. The molecule has 0 aliphatic carbocycles. The second-order valence-corrected chi connectivity index (χ2v) is 3.82. The van der Waals surface area contributed by atoms with Crippen molar-refractivity contribution in [3.05, 3.63) is 29.8 Å². The van der Waals surface area contributed by atoms with Crippen LogP contribution in [0.2, 0.25) is 0 Å². The first-order chi connectivity index (χ1) is 7.15. The van der Waals surface area contributed by atoms with E-state index in [1.165, 1.54) is 6.92 Å². The summed E-state index contributed by atoms with van der Waals surface area (Å²) in [6.45, 7) is 1.67. The van der Waals surface area contributed by atoms with Crippen LogP contribution in [0.1, 0.15) is 17.3 Å². The predicted molar refractivity (Wildman–Crippen MR) is 61.7 cm³/mol. The van der Waals surface area contributed by atoms with Crippen molar-refractivity contribution in [2.24, 2.45) is 0 Å². The first-order valence-electron chi connectivity index (χ1n) is 4.62. The van der Waals surface area contributed by atoms with Crippen LogP contribution < -0.4 is 4.74 Å². The van der Waals surface area contributed by atoms with Crippen molar-refractivity contribution in [1.29, 1.82) is 0 Å². The number of ether oxygens (including phenoxy) is 1. The first kappa shape index (κ1) is 12.2. The molecule has 0 saturated carbocycles. The fourth-order valence-corrected chi connectivity index (χ4v) is 1.30. The van der Waals surface area contributed by atoms with Gasteiger partial charge in [0, 0.05) is 5.33 Å². The molecule has 3 nitrogen and oxygen atoms in total. The summed E-state index contributed by atoms with van der Waals surface area (Å²) < 4.78 is 5.35. The van der Waals surface area contributed by atoms with Crippen LogP contribution in [0.4, 0.5) is 0 Å². The Morgan fingerprint density at radius 1 is 1.53 bits per heavy atom. The van der Waals surface area contributed by atoms with Crippen molar-refractivity contribution in [3.8, 4) is 5.75 Å². The number of aliphatic hydroxyl groups is 1. The molecule has 0 aliphatic heterocycles. The summed E-state index contributed by atoms with van der Waals surface area (Å²) in [6.07, 6.45) is -0.565. The molecular formula is C11H13BrO3.